The van der Waals surface area contributed by atoms with Crippen molar-refractivity contribution in [3.05, 3.63) is 90.0 Å². The summed E-state index contributed by atoms with van der Waals surface area (Å²) in [5.41, 5.74) is 0.770. The minimum Gasteiger partial charge on any atom is -0.457 e. The van der Waals surface area contributed by atoms with Crippen LogP contribution in [-0.4, -0.2) is 55.5 Å². The number of piperazine rings is 1. The van der Waals surface area contributed by atoms with Gasteiger partial charge in [0.25, 0.3) is 5.91 Å². The molecule has 1 aliphatic rings. The van der Waals surface area contributed by atoms with Gasteiger partial charge in [-0.3, -0.25) is 9.59 Å². The zero-order valence-corrected chi connectivity index (χ0v) is 19.0. The zero-order chi connectivity index (χ0) is 23.4. The summed E-state index contributed by atoms with van der Waals surface area (Å²) in [5.74, 6) is 0.669. The molecule has 1 amide bonds. The second-order valence-corrected chi connectivity index (χ2v) is 9.63. The first-order valence-corrected chi connectivity index (χ1v) is 12.0. The maximum absolute atomic E-state index is 13.2. The molecule has 3 aromatic carbocycles. The lowest BCUT2D eigenvalue weighted by Gasteiger charge is -2.34. The molecule has 0 spiro atoms. The van der Waals surface area contributed by atoms with Crippen LogP contribution in [0.5, 0.6) is 11.5 Å². The molecule has 0 saturated carbocycles. The normalized spacial score (nSPS) is 14.6. The number of para-hydroxylation sites is 2. The molecule has 7 nitrogen and oxygen atoms in total. The monoisotopic (exact) mass is 464 g/mol. The fraction of sp³-hybridized carbons (Fsp3) is 0.200. The number of nitrogens with zero attached hydrogens (tertiary/aromatic N) is 2. The molecule has 0 bridgehead atoms. The van der Waals surface area contributed by atoms with Crippen LogP contribution in [0.2, 0.25) is 0 Å². The summed E-state index contributed by atoms with van der Waals surface area (Å²) in [6.07, 6.45) is 0. The van der Waals surface area contributed by atoms with Gasteiger partial charge < -0.3 is 9.64 Å². The average Bonchev–Trinajstić information content (AvgIpc) is 2.85. The standard InChI is InChI=1S/C25H24N2O5S/c1-19(28)20-8-7-11-22(18-20)33(30,31)27-16-14-26(15-17-27)25(29)23-12-5-6-13-24(23)32-21-9-3-2-4-10-21/h2-13,18H,14-17H2,1H3. The van der Waals surface area contributed by atoms with Crippen molar-refractivity contribution in [2.24, 2.45) is 0 Å². The van der Waals surface area contributed by atoms with Gasteiger partial charge in [0.05, 0.1) is 10.5 Å². The minimum atomic E-state index is -3.76. The van der Waals surface area contributed by atoms with Crippen LogP contribution in [0.3, 0.4) is 0 Å². The number of Topliss-reactive ketones (excluding diaryl/α,β-unsaturated/α-hetero) is 1. The van der Waals surface area contributed by atoms with E-state index in [2.05, 4.69) is 0 Å². The highest BCUT2D eigenvalue weighted by Gasteiger charge is 2.31. The molecule has 0 unspecified atom stereocenters. The van der Waals surface area contributed by atoms with Crippen molar-refractivity contribution >= 4 is 21.7 Å². The number of ketones is 1. The Morgan fingerprint density at radius 2 is 1.48 bits per heavy atom. The lowest BCUT2D eigenvalue weighted by molar-refractivity contribution is 0.0695. The SMILES string of the molecule is CC(=O)c1cccc(S(=O)(=O)N2CCN(C(=O)c3ccccc3Oc3ccccc3)CC2)c1. The average molecular weight is 465 g/mol. The number of benzene rings is 3. The maximum Gasteiger partial charge on any atom is 0.257 e. The second-order valence-electron chi connectivity index (χ2n) is 7.69. The Kier molecular flexibility index (Phi) is 6.57. The molecule has 170 valence electrons. The Balaban J connectivity index is 1.47. The fourth-order valence-electron chi connectivity index (χ4n) is 3.67. The van der Waals surface area contributed by atoms with E-state index in [1.807, 2.05) is 30.3 Å². The highest BCUT2D eigenvalue weighted by atomic mass is 32.2. The molecular formula is C25H24N2O5S. The summed E-state index contributed by atoms with van der Waals surface area (Å²) in [6.45, 7) is 2.24. The third kappa shape index (κ3) is 4.97. The molecule has 0 atom stereocenters. The molecule has 0 aliphatic carbocycles. The molecule has 33 heavy (non-hydrogen) atoms. The molecule has 8 heteroatoms. The van der Waals surface area contributed by atoms with E-state index in [0.717, 1.165) is 0 Å². The van der Waals surface area contributed by atoms with Crippen LogP contribution in [0, 0.1) is 0 Å². The summed E-state index contributed by atoms with van der Waals surface area (Å²) >= 11 is 0. The number of amides is 1. The van der Waals surface area contributed by atoms with Crippen LogP contribution in [0.4, 0.5) is 0 Å². The van der Waals surface area contributed by atoms with Gasteiger partial charge in [-0.1, -0.05) is 42.5 Å². The Bertz CT molecular complexity index is 1270. The predicted octanol–water partition coefficient (Wildman–Crippen LogP) is 3.83. The van der Waals surface area contributed by atoms with Gasteiger partial charge in [-0.05, 0) is 43.3 Å². The number of carbonyl (C=O) groups is 2. The second kappa shape index (κ2) is 9.56. The van der Waals surface area contributed by atoms with Gasteiger partial charge in [-0.25, -0.2) is 8.42 Å². The molecule has 1 aliphatic heterocycles. The van der Waals surface area contributed by atoms with Crippen LogP contribution in [0.15, 0.2) is 83.8 Å². The number of carbonyl (C=O) groups excluding carboxylic acids is 2. The number of sulfonamides is 1. The van der Waals surface area contributed by atoms with Crippen LogP contribution in [-0.2, 0) is 10.0 Å². The molecule has 0 N–H and O–H groups in total. The van der Waals surface area contributed by atoms with Crippen molar-refractivity contribution in [3.63, 3.8) is 0 Å². The lowest BCUT2D eigenvalue weighted by Crippen LogP contribution is -2.50. The van der Waals surface area contributed by atoms with E-state index in [4.69, 9.17) is 4.74 Å². The fourth-order valence-corrected chi connectivity index (χ4v) is 5.14. The number of ether oxygens (including phenoxy) is 1. The highest BCUT2D eigenvalue weighted by Crippen LogP contribution is 2.27. The first-order valence-electron chi connectivity index (χ1n) is 10.6. The van der Waals surface area contributed by atoms with Crippen LogP contribution >= 0.6 is 0 Å². The molecule has 0 radical (unpaired) electrons. The summed E-state index contributed by atoms with van der Waals surface area (Å²) in [6, 6.07) is 22.3. The van der Waals surface area contributed by atoms with Crippen molar-refractivity contribution in [3.8, 4) is 11.5 Å². The molecular weight excluding hydrogens is 440 g/mol. The van der Waals surface area contributed by atoms with Crippen molar-refractivity contribution in [2.75, 3.05) is 26.2 Å². The third-order valence-electron chi connectivity index (χ3n) is 5.49. The Morgan fingerprint density at radius 1 is 0.818 bits per heavy atom. The minimum absolute atomic E-state index is 0.0802. The molecule has 1 fully saturated rings. The quantitative estimate of drug-likeness (QED) is 0.518. The van der Waals surface area contributed by atoms with Gasteiger partial charge >= 0.3 is 0 Å². The molecule has 4 rings (SSSR count). The van der Waals surface area contributed by atoms with Gasteiger partial charge in [-0.2, -0.15) is 4.31 Å². The van der Waals surface area contributed by atoms with E-state index in [0.29, 0.717) is 22.6 Å². The summed E-state index contributed by atoms with van der Waals surface area (Å²) in [4.78, 5) is 26.5. The van der Waals surface area contributed by atoms with E-state index in [1.165, 1.54) is 23.4 Å². The van der Waals surface area contributed by atoms with E-state index in [9.17, 15) is 18.0 Å². The van der Waals surface area contributed by atoms with Crippen molar-refractivity contribution < 1.29 is 22.7 Å². The predicted molar refractivity (Wildman–Crippen MR) is 124 cm³/mol. The van der Waals surface area contributed by atoms with E-state index in [-0.39, 0.29) is 42.8 Å². The largest absolute Gasteiger partial charge is 0.457 e. The zero-order valence-electron chi connectivity index (χ0n) is 18.2. The molecule has 3 aromatic rings. The first kappa shape index (κ1) is 22.7. The van der Waals surface area contributed by atoms with Crippen molar-refractivity contribution in [1.82, 2.24) is 9.21 Å². The first-order chi connectivity index (χ1) is 15.9. The molecule has 1 heterocycles. The summed E-state index contributed by atoms with van der Waals surface area (Å²) in [5, 5.41) is 0. The van der Waals surface area contributed by atoms with Gasteiger partial charge in [0.1, 0.15) is 11.5 Å². The highest BCUT2D eigenvalue weighted by molar-refractivity contribution is 7.89. The number of hydrogen-bond acceptors (Lipinski definition) is 5. The van der Waals surface area contributed by atoms with Gasteiger partial charge in [0.2, 0.25) is 10.0 Å². The van der Waals surface area contributed by atoms with Crippen molar-refractivity contribution in [1.29, 1.82) is 0 Å². The third-order valence-corrected chi connectivity index (χ3v) is 7.39. The number of rotatable bonds is 6. The Hall–Kier alpha value is -3.49. The number of hydrogen-bond donors (Lipinski definition) is 0. The van der Waals surface area contributed by atoms with E-state index < -0.39 is 10.0 Å². The molecule has 0 aromatic heterocycles. The van der Waals surface area contributed by atoms with Gasteiger partial charge in [0.15, 0.2) is 5.78 Å². The van der Waals surface area contributed by atoms with Gasteiger partial charge in [0, 0.05) is 31.7 Å². The Morgan fingerprint density at radius 3 is 2.18 bits per heavy atom. The van der Waals surface area contributed by atoms with Crippen LogP contribution in [0.25, 0.3) is 0 Å². The van der Waals surface area contributed by atoms with Gasteiger partial charge in [-0.15, -0.1) is 0 Å². The lowest BCUT2D eigenvalue weighted by atomic mass is 10.1. The Labute approximate surface area is 193 Å². The topological polar surface area (TPSA) is 84.0 Å². The van der Waals surface area contributed by atoms with Crippen LogP contribution < -0.4 is 4.74 Å². The maximum atomic E-state index is 13.2. The summed E-state index contributed by atoms with van der Waals surface area (Å²) < 4.78 is 33.4. The summed E-state index contributed by atoms with van der Waals surface area (Å²) in [7, 11) is -3.76. The molecule has 1 saturated heterocycles. The van der Waals surface area contributed by atoms with E-state index >= 15 is 0 Å². The smallest absolute Gasteiger partial charge is 0.257 e. The van der Waals surface area contributed by atoms with Crippen molar-refractivity contribution in [2.45, 2.75) is 11.8 Å². The van der Waals surface area contributed by atoms with E-state index in [1.54, 1.807) is 41.3 Å². The van der Waals surface area contributed by atoms with Crippen LogP contribution in [0.1, 0.15) is 27.6 Å².